The fourth-order valence-electron chi connectivity index (χ4n) is 0. The van der Waals surface area contributed by atoms with Crippen LogP contribution >= 0.6 is 50.9 Å². The van der Waals surface area contributed by atoms with Crippen molar-refractivity contribution in [2.45, 2.75) is 5.23 Å². The molecule has 0 aromatic carbocycles. The maximum atomic E-state index is 2.00. The summed E-state index contributed by atoms with van der Waals surface area (Å²) in [5, 5.41) is 2.00. The molecule has 0 saturated carbocycles. The molecule has 0 amide bonds. The summed E-state index contributed by atoms with van der Waals surface area (Å²) in [5.74, 6) is 0. The molecular weight excluding hydrogens is 300 g/mol. The Kier molecular flexibility index (Phi) is 192. The Morgan fingerprint density at radius 2 is 0.800 bits per heavy atom. The molecule has 0 radical (unpaired) electrons. The van der Waals surface area contributed by atoms with Crippen molar-refractivity contribution in [1.82, 2.24) is 0 Å². The van der Waals surface area contributed by atoms with Crippen molar-refractivity contribution in [3.05, 3.63) is 0 Å². The van der Waals surface area contributed by atoms with Crippen molar-refractivity contribution in [3.8, 4) is 0 Å². The van der Waals surface area contributed by atoms with Gasteiger partial charge < -0.3 is 0 Å². The van der Waals surface area contributed by atoms with Crippen LogP contribution in [0.15, 0.2) is 0 Å². The average Bonchev–Trinajstić information content (AvgIpc) is 1.00. The third-order valence-corrected chi connectivity index (χ3v) is 0. The maximum absolute atomic E-state index is 2.00. The molecule has 0 unspecified atom stereocenters. The first-order valence-electron chi connectivity index (χ1n) is 0.500. The monoisotopic (exact) mass is 303 g/mol. The van der Waals surface area contributed by atoms with Gasteiger partial charge in [-0.1, -0.05) is 0 Å². The number of hydrogen-bond acceptors (Lipinski definition) is 0. The second-order valence-electron chi connectivity index (χ2n) is 0. The van der Waals surface area contributed by atoms with Crippen molar-refractivity contribution in [1.29, 1.82) is 0 Å². The first-order chi connectivity index (χ1) is 1.00. The van der Waals surface area contributed by atoms with Crippen molar-refractivity contribution in [2.24, 2.45) is 0 Å². The van der Waals surface area contributed by atoms with Crippen LogP contribution in [-0.4, -0.2) is 0 Å². The summed E-state index contributed by atoms with van der Waals surface area (Å²) in [5.41, 5.74) is 0. The van der Waals surface area contributed by atoms with Gasteiger partial charge in [0.1, 0.15) is 0 Å². The average molecular weight is 306 g/mol. The fraction of sp³-hybridized carbons (Fsp3) is 1.00. The molecule has 0 fully saturated rings. The van der Waals surface area contributed by atoms with Crippen molar-refractivity contribution >= 4 is 50.9 Å². The Morgan fingerprint density at radius 3 is 0.800 bits per heavy atom. The van der Waals surface area contributed by atoms with E-state index in [9.17, 15) is 0 Å². The summed E-state index contributed by atoms with van der Waals surface area (Å²) in [4.78, 5) is 0. The van der Waals surface area contributed by atoms with Crippen LogP contribution in [0.1, 0.15) is 0 Å². The van der Waals surface area contributed by atoms with Crippen LogP contribution in [0.2, 0.25) is 5.23 Å². The van der Waals surface area contributed by atoms with Crippen molar-refractivity contribution < 1.29 is 20.4 Å². The Labute approximate surface area is 75.8 Å². The first-order valence-corrected chi connectivity index (χ1v) is 2.06. The van der Waals surface area contributed by atoms with Gasteiger partial charge in [-0.2, -0.15) is 0 Å². The second kappa shape index (κ2) is 35.2. The van der Waals surface area contributed by atoms with E-state index in [1.54, 1.807) is 0 Å². The van der Waals surface area contributed by atoms with Gasteiger partial charge in [0.05, 0.1) is 0 Å². The van der Waals surface area contributed by atoms with E-state index in [1.165, 1.54) is 0 Å². The predicted molar refractivity (Wildman–Crippen MR) is 36.8 cm³/mol. The van der Waals surface area contributed by atoms with Gasteiger partial charge in [-0.15, -0.1) is 50.9 Å². The van der Waals surface area contributed by atoms with Crippen molar-refractivity contribution in [2.75, 3.05) is 0 Å². The molecular formula is CH6Br3Ti. The third-order valence-electron chi connectivity index (χ3n) is 0. The van der Waals surface area contributed by atoms with E-state index in [2.05, 4.69) is 0 Å². The summed E-state index contributed by atoms with van der Waals surface area (Å²) < 4.78 is 0. The summed E-state index contributed by atoms with van der Waals surface area (Å²) in [6.45, 7) is 0. The topological polar surface area (TPSA) is 0 Å². The molecule has 0 rings (SSSR count). The fourth-order valence-corrected chi connectivity index (χ4v) is 0. The Morgan fingerprint density at radius 1 is 0.800 bits per heavy atom. The molecule has 0 aromatic rings. The van der Waals surface area contributed by atoms with Gasteiger partial charge in [0.2, 0.25) is 0 Å². The number of hydrogen-bond donors (Lipinski definition) is 0. The number of halogens is 3. The molecule has 5 heavy (non-hydrogen) atoms. The molecule has 0 aromatic heterocycles. The molecule has 0 nitrogen and oxygen atoms in total. The van der Waals surface area contributed by atoms with Gasteiger partial charge >= 0.3 is 25.7 Å². The molecule has 0 spiro atoms. The predicted octanol–water partition coefficient (Wildman–Crippen LogP) is 2.32. The molecule has 35 valence electrons. The summed E-state index contributed by atoms with van der Waals surface area (Å²) in [7, 11) is 0. The molecule has 0 atom stereocenters. The van der Waals surface area contributed by atoms with E-state index < -0.39 is 0 Å². The quantitative estimate of drug-likeness (QED) is 0.603. The van der Waals surface area contributed by atoms with E-state index in [1.807, 2.05) is 25.7 Å². The summed E-state index contributed by atoms with van der Waals surface area (Å²) in [6, 6.07) is 0. The van der Waals surface area contributed by atoms with Crippen LogP contribution in [0.25, 0.3) is 0 Å². The first kappa shape index (κ1) is 27.2. The van der Waals surface area contributed by atoms with E-state index in [4.69, 9.17) is 0 Å². The van der Waals surface area contributed by atoms with Crippen LogP contribution < -0.4 is 0 Å². The van der Waals surface area contributed by atoms with Crippen LogP contribution in [-0.2, 0) is 20.4 Å². The molecule has 0 heterocycles. The SMILES string of the molecule is Br.Br.Br.[CH3][Ti]. The summed E-state index contributed by atoms with van der Waals surface area (Å²) in [6.07, 6.45) is 0. The Hall–Kier alpha value is 2.15. The van der Waals surface area contributed by atoms with E-state index >= 15 is 0 Å². The molecule has 0 aliphatic heterocycles. The number of rotatable bonds is 0. The van der Waals surface area contributed by atoms with E-state index in [0.717, 1.165) is 0 Å². The standard InChI is InChI=1S/CH3.3BrH.Ti/h1H3;3*1H;. The van der Waals surface area contributed by atoms with Gasteiger partial charge in [0.15, 0.2) is 0 Å². The van der Waals surface area contributed by atoms with Crippen LogP contribution in [0.5, 0.6) is 0 Å². The Balaban J connectivity index is -0.00000000167. The zero-order chi connectivity index (χ0) is 2.00. The third kappa shape index (κ3) is 22.9. The zero-order valence-electron chi connectivity index (χ0n) is 2.72. The van der Waals surface area contributed by atoms with Crippen LogP contribution in [0.4, 0.5) is 0 Å². The second-order valence-corrected chi connectivity index (χ2v) is 0. The zero-order valence-corrected chi connectivity index (χ0v) is 9.43. The van der Waals surface area contributed by atoms with Crippen LogP contribution in [0.3, 0.4) is 0 Å². The van der Waals surface area contributed by atoms with Gasteiger partial charge in [0, 0.05) is 0 Å². The molecule has 4 heteroatoms. The molecule has 0 N–H and O–H groups in total. The normalized spacial score (nSPS) is 0.800. The molecule has 0 aliphatic rings. The van der Waals surface area contributed by atoms with E-state index in [0.29, 0.717) is 0 Å². The Bertz CT molecular complexity index is 6.85. The van der Waals surface area contributed by atoms with Gasteiger partial charge in [-0.05, 0) is 0 Å². The van der Waals surface area contributed by atoms with Gasteiger partial charge in [0.25, 0.3) is 0 Å². The molecule has 0 bridgehead atoms. The van der Waals surface area contributed by atoms with Gasteiger partial charge in [-0.3, -0.25) is 0 Å². The molecule has 0 saturated heterocycles. The van der Waals surface area contributed by atoms with Crippen LogP contribution in [0, 0.1) is 0 Å². The van der Waals surface area contributed by atoms with Crippen molar-refractivity contribution in [3.63, 3.8) is 0 Å². The molecule has 0 aliphatic carbocycles. The van der Waals surface area contributed by atoms with Gasteiger partial charge in [-0.25, -0.2) is 0 Å². The summed E-state index contributed by atoms with van der Waals surface area (Å²) >= 11 is 2.00. The minimum absolute atomic E-state index is 0. The van der Waals surface area contributed by atoms with E-state index in [-0.39, 0.29) is 50.9 Å². The minimum atomic E-state index is 0.